The van der Waals surface area contributed by atoms with Crippen LogP contribution in [-0.2, 0) is 10.0 Å². The van der Waals surface area contributed by atoms with Crippen LogP contribution in [0.3, 0.4) is 0 Å². The van der Waals surface area contributed by atoms with Crippen molar-refractivity contribution < 1.29 is 13.3 Å². The average Bonchev–Trinajstić information content (AvgIpc) is 3.06. The van der Waals surface area contributed by atoms with E-state index in [9.17, 15) is 18.5 Å². The van der Waals surface area contributed by atoms with Crippen LogP contribution >= 0.6 is 11.6 Å². The van der Waals surface area contributed by atoms with Gasteiger partial charge in [-0.15, -0.1) is 0 Å². The summed E-state index contributed by atoms with van der Waals surface area (Å²) in [5.41, 5.74) is 1.31. The quantitative estimate of drug-likeness (QED) is 0.615. The summed E-state index contributed by atoms with van der Waals surface area (Å²) in [6.07, 6.45) is 1.81. The molecule has 0 saturated carbocycles. The zero-order chi connectivity index (χ0) is 17.3. The predicted molar refractivity (Wildman–Crippen MR) is 91.3 cm³/mol. The molecule has 0 fully saturated rings. The van der Waals surface area contributed by atoms with Crippen LogP contribution in [0.15, 0.2) is 59.5 Å². The van der Waals surface area contributed by atoms with Crippen LogP contribution in [0, 0.1) is 10.1 Å². The summed E-state index contributed by atoms with van der Waals surface area (Å²) in [5.74, 6) is 0. The minimum atomic E-state index is -4.02. The monoisotopic (exact) mass is 364 g/mol. The zero-order valence-electron chi connectivity index (χ0n) is 12.4. The van der Waals surface area contributed by atoms with Gasteiger partial charge in [-0.1, -0.05) is 48.0 Å². The topological polar surface area (TPSA) is 80.5 Å². The average molecular weight is 365 g/mol. The van der Waals surface area contributed by atoms with Gasteiger partial charge in [0.2, 0.25) is 0 Å². The second-order valence-corrected chi connectivity index (χ2v) is 7.60. The normalized spacial score (nSPS) is 15.3. The van der Waals surface area contributed by atoms with Crippen LogP contribution in [0.4, 0.5) is 5.69 Å². The van der Waals surface area contributed by atoms with Gasteiger partial charge in [0.15, 0.2) is 4.90 Å². The number of nitro benzene ring substituents is 1. The molecule has 1 heterocycles. The fraction of sp³-hybridized carbons (Fsp3) is 0.125. The van der Waals surface area contributed by atoms with Gasteiger partial charge >= 0.3 is 0 Å². The molecule has 0 aliphatic carbocycles. The number of benzene rings is 2. The lowest BCUT2D eigenvalue weighted by Gasteiger charge is -2.17. The molecule has 0 atom stereocenters. The molecule has 0 bridgehead atoms. The van der Waals surface area contributed by atoms with Gasteiger partial charge in [0.1, 0.15) is 0 Å². The van der Waals surface area contributed by atoms with E-state index in [1.807, 2.05) is 36.4 Å². The highest BCUT2D eigenvalue weighted by molar-refractivity contribution is 7.89. The summed E-state index contributed by atoms with van der Waals surface area (Å²) in [6.45, 7) is 0.326. The second kappa shape index (κ2) is 6.35. The summed E-state index contributed by atoms with van der Waals surface area (Å²) >= 11 is 5.84. The Morgan fingerprint density at radius 3 is 2.50 bits per heavy atom. The first-order valence-corrected chi connectivity index (χ1v) is 8.90. The van der Waals surface area contributed by atoms with Crippen molar-refractivity contribution in [3.63, 3.8) is 0 Å². The van der Waals surface area contributed by atoms with E-state index in [1.54, 1.807) is 0 Å². The van der Waals surface area contributed by atoms with E-state index in [0.717, 1.165) is 23.3 Å². The van der Waals surface area contributed by atoms with Crippen LogP contribution in [0.1, 0.15) is 5.56 Å². The molecule has 2 aromatic carbocycles. The van der Waals surface area contributed by atoms with Crippen molar-refractivity contribution in [1.82, 2.24) is 4.31 Å². The first kappa shape index (κ1) is 16.6. The molecule has 0 saturated heterocycles. The Morgan fingerprint density at radius 1 is 1.12 bits per heavy atom. The van der Waals surface area contributed by atoms with Crippen LogP contribution in [-0.4, -0.2) is 30.7 Å². The van der Waals surface area contributed by atoms with Gasteiger partial charge in [-0.3, -0.25) is 10.1 Å². The van der Waals surface area contributed by atoms with Crippen molar-refractivity contribution >= 4 is 32.9 Å². The van der Waals surface area contributed by atoms with Gasteiger partial charge in [0, 0.05) is 24.2 Å². The lowest BCUT2D eigenvalue weighted by atomic mass is 10.1. The Bertz CT molecular complexity index is 926. The van der Waals surface area contributed by atoms with Crippen molar-refractivity contribution in [1.29, 1.82) is 0 Å². The smallest absolute Gasteiger partial charge is 0.258 e. The molecule has 3 rings (SSSR count). The van der Waals surface area contributed by atoms with E-state index >= 15 is 0 Å². The highest BCUT2D eigenvalue weighted by Gasteiger charge is 2.34. The van der Waals surface area contributed by atoms with Crippen LogP contribution in [0.5, 0.6) is 0 Å². The second-order valence-electron chi connectivity index (χ2n) is 5.26. The summed E-state index contributed by atoms with van der Waals surface area (Å²) in [4.78, 5) is 10.0. The third-order valence-electron chi connectivity index (χ3n) is 3.77. The Morgan fingerprint density at radius 2 is 1.83 bits per heavy atom. The summed E-state index contributed by atoms with van der Waals surface area (Å²) in [6, 6.07) is 12.9. The third-order valence-corrected chi connectivity index (χ3v) is 5.84. The lowest BCUT2D eigenvalue weighted by molar-refractivity contribution is -0.387. The fourth-order valence-electron chi connectivity index (χ4n) is 2.56. The number of sulfonamides is 1. The SMILES string of the molecule is O=[N+]([O-])c1ccc(Cl)cc1S(=O)(=O)N1CC=C(c2ccccc2)C1. The Hall–Kier alpha value is -2.22. The van der Waals surface area contributed by atoms with Crippen LogP contribution in [0.2, 0.25) is 5.02 Å². The number of hydrogen-bond acceptors (Lipinski definition) is 4. The van der Waals surface area contributed by atoms with E-state index in [0.29, 0.717) is 0 Å². The molecule has 0 unspecified atom stereocenters. The maximum absolute atomic E-state index is 12.8. The number of nitro groups is 1. The molecule has 0 N–H and O–H groups in total. The van der Waals surface area contributed by atoms with Gasteiger partial charge in [-0.05, 0) is 23.3 Å². The molecular weight excluding hydrogens is 352 g/mol. The Labute approximate surface area is 144 Å². The lowest BCUT2D eigenvalue weighted by Crippen LogP contribution is -2.29. The Balaban J connectivity index is 1.94. The molecule has 1 aliphatic heterocycles. The highest BCUT2D eigenvalue weighted by atomic mass is 35.5. The van der Waals surface area contributed by atoms with E-state index in [4.69, 9.17) is 11.6 Å². The van der Waals surface area contributed by atoms with E-state index in [-0.39, 0.29) is 23.0 Å². The fourth-order valence-corrected chi connectivity index (χ4v) is 4.34. The number of nitrogens with zero attached hydrogens (tertiary/aromatic N) is 2. The minimum absolute atomic E-state index is 0.134. The predicted octanol–water partition coefficient (Wildman–Crippen LogP) is 3.34. The molecule has 0 spiro atoms. The molecule has 2 aromatic rings. The first-order chi connectivity index (χ1) is 11.4. The summed E-state index contributed by atoms with van der Waals surface area (Å²) < 4.78 is 26.8. The van der Waals surface area contributed by atoms with Gasteiger partial charge in [-0.25, -0.2) is 8.42 Å². The third kappa shape index (κ3) is 3.06. The van der Waals surface area contributed by atoms with Crippen LogP contribution in [0.25, 0.3) is 5.57 Å². The van der Waals surface area contributed by atoms with Gasteiger partial charge in [0.25, 0.3) is 15.7 Å². The number of halogens is 1. The number of hydrogen-bond donors (Lipinski definition) is 0. The van der Waals surface area contributed by atoms with Gasteiger partial charge in [0.05, 0.1) is 4.92 Å². The number of rotatable bonds is 4. The maximum atomic E-state index is 12.8. The summed E-state index contributed by atoms with van der Waals surface area (Å²) in [5, 5.41) is 11.3. The van der Waals surface area contributed by atoms with Gasteiger partial charge in [-0.2, -0.15) is 4.31 Å². The van der Waals surface area contributed by atoms with Crippen molar-refractivity contribution in [2.45, 2.75) is 4.90 Å². The van der Waals surface area contributed by atoms with E-state index in [2.05, 4.69) is 0 Å². The van der Waals surface area contributed by atoms with Crippen molar-refractivity contribution in [3.05, 3.63) is 75.3 Å². The van der Waals surface area contributed by atoms with Gasteiger partial charge < -0.3 is 0 Å². The van der Waals surface area contributed by atoms with E-state index < -0.39 is 20.6 Å². The molecule has 0 radical (unpaired) electrons. The molecule has 6 nitrogen and oxygen atoms in total. The first-order valence-electron chi connectivity index (χ1n) is 7.08. The molecule has 24 heavy (non-hydrogen) atoms. The Kier molecular flexibility index (Phi) is 4.40. The molecule has 1 aliphatic rings. The van der Waals surface area contributed by atoms with Crippen LogP contribution < -0.4 is 0 Å². The largest absolute Gasteiger partial charge is 0.289 e. The van der Waals surface area contributed by atoms with Crippen molar-refractivity contribution in [2.75, 3.05) is 13.1 Å². The van der Waals surface area contributed by atoms with Crippen molar-refractivity contribution in [3.8, 4) is 0 Å². The molecule has 8 heteroatoms. The zero-order valence-corrected chi connectivity index (χ0v) is 14.0. The molecular formula is C16H13ClN2O4S. The molecule has 0 amide bonds. The standard InChI is InChI=1S/C16H13ClN2O4S/c17-14-6-7-15(19(20)21)16(10-14)24(22,23)18-9-8-13(11-18)12-4-2-1-3-5-12/h1-8,10H,9,11H2. The molecule has 124 valence electrons. The maximum Gasteiger partial charge on any atom is 0.289 e. The minimum Gasteiger partial charge on any atom is -0.258 e. The van der Waals surface area contributed by atoms with E-state index in [1.165, 1.54) is 10.4 Å². The van der Waals surface area contributed by atoms with Crippen molar-refractivity contribution in [2.24, 2.45) is 0 Å². The molecule has 0 aromatic heterocycles. The summed E-state index contributed by atoms with van der Waals surface area (Å²) in [7, 11) is -4.02. The highest BCUT2D eigenvalue weighted by Crippen LogP contribution is 2.32.